The number of fused-ring (bicyclic) bond motifs is 1. The number of carbonyl (C=O) groups is 1. The predicted molar refractivity (Wildman–Crippen MR) is 94.7 cm³/mol. The van der Waals surface area contributed by atoms with Crippen LogP contribution in [0.2, 0.25) is 0 Å². The fraction of sp³-hybridized carbons (Fsp3) is 0.400. The zero-order valence-corrected chi connectivity index (χ0v) is 14.2. The zero-order chi connectivity index (χ0) is 17.2. The van der Waals surface area contributed by atoms with Gasteiger partial charge in [0.05, 0.1) is 6.20 Å². The highest BCUT2D eigenvalue weighted by Crippen LogP contribution is 2.25. The van der Waals surface area contributed by atoms with E-state index in [9.17, 15) is 9.18 Å². The van der Waals surface area contributed by atoms with Crippen molar-refractivity contribution in [3.63, 3.8) is 0 Å². The Hall–Kier alpha value is -2.27. The number of aromatic nitrogens is 1. The molecule has 0 unspecified atom stereocenters. The first-order valence-corrected chi connectivity index (χ1v) is 8.95. The van der Waals surface area contributed by atoms with Gasteiger partial charge in [0.2, 0.25) is 0 Å². The van der Waals surface area contributed by atoms with Gasteiger partial charge in [-0.15, -0.1) is 0 Å². The third kappa shape index (κ3) is 3.29. The molecule has 1 atom stereocenters. The van der Waals surface area contributed by atoms with E-state index >= 15 is 0 Å². The lowest BCUT2D eigenvalue weighted by molar-refractivity contribution is 0.0372. The van der Waals surface area contributed by atoms with Crippen LogP contribution < -0.4 is 0 Å². The number of carbonyl (C=O) groups excluding carboxylic acids is 1. The highest BCUT2D eigenvalue weighted by Gasteiger charge is 2.31. The Morgan fingerprint density at radius 3 is 2.96 bits per heavy atom. The van der Waals surface area contributed by atoms with Crippen LogP contribution in [0.25, 0.3) is 11.1 Å². The van der Waals surface area contributed by atoms with Gasteiger partial charge in [0, 0.05) is 43.0 Å². The molecule has 4 nitrogen and oxygen atoms in total. The molecular weight excluding hydrogens is 317 g/mol. The van der Waals surface area contributed by atoms with Gasteiger partial charge in [0.15, 0.2) is 0 Å². The number of benzene rings is 1. The molecule has 0 saturated carbocycles. The molecule has 5 heteroatoms. The Balaban J connectivity index is 1.55. The molecule has 2 aliphatic heterocycles. The molecule has 0 spiro atoms. The zero-order valence-electron chi connectivity index (χ0n) is 14.2. The molecule has 1 aromatic carbocycles. The van der Waals surface area contributed by atoms with Gasteiger partial charge in [0.25, 0.3) is 5.91 Å². The third-order valence-electron chi connectivity index (χ3n) is 5.32. The van der Waals surface area contributed by atoms with E-state index in [0.717, 1.165) is 26.2 Å². The van der Waals surface area contributed by atoms with Crippen molar-refractivity contribution < 1.29 is 9.18 Å². The molecule has 2 aliphatic rings. The van der Waals surface area contributed by atoms with E-state index in [1.807, 2.05) is 23.1 Å². The average Bonchev–Trinajstić information content (AvgIpc) is 2.67. The summed E-state index contributed by atoms with van der Waals surface area (Å²) in [6.45, 7) is 3.68. The Kier molecular flexibility index (Phi) is 4.49. The molecule has 2 aromatic rings. The lowest BCUT2D eigenvalue weighted by Gasteiger charge is -2.44. The molecule has 1 aromatic heterocycles. The van der Waals surface area contributed by atoms with Gasteiger partial charge in [-0.25, -0.2) is 4.39 Å². The largest absolute Gasteiger partial charge is 0.336 e. The molecule has 130 valence electrons. The molecule has 25 heavy (non-hydrogen) atoms. The van der Waals surface area contributed by atoms with Crippen molar-refractivity contribution in [3.05, 3.63) is 54.1 Å². The van der Waals surface area contributed by atoms with Gasteiger partial charge >= 0.3 is 0 Å². The minimum Gasteiger partial charge on any atom is -0.336 e. The lowest BCUT2D eigenvalue weighted by atomic mass is 9.98. The Labute approximate surface area is 147 Å². The third-order valence-corrected chi connectivity index (χ3v) is 5.32. The van der Waals surface area contributed by atoms with Gasteiger partial charge in [-0.1, -0.05) is 18.6 Å². The van der Waals surface area contributed by atoms with Crippen LogP contribution in [-0.2, 0) is 0 Å². The summed E-state index contributed by atoms with van der Waals surface area (Å²) in [4.78, 5) is 21.2. The minimum atomic E-state index is -0.372. The minimum absolute atomic E-state index is 0.0431. The summed E-state index contributed by atoms with van der Waals surface area (Å²) in [5.41, 5.74) is 1.81. The predicted octanol–water partition coefficient (Wildman–Crippen LogP) is 3.20. The molecule has 2 saturated heterocycles. The maximum absolute atomic E-state index is 14.0. The number of halogens is 1. The Morgan fingerprint density at radius 1 is 1.16 bits per heavy atom. The SMILES string of the molecule is O=C(c1cccc(-c2ccncc2F)c1)N1CCN2CCCC[C@@H]2C1. The molecule has 2 fully saturated rings. The number of piperidine rings is 1. The van der Waals surface area contributed by atoms with Crippen LogP contribution in [0.15, 0.2) is 42.7 Å². The van der Waals surface area contributed by atoms with Gasteiger partial charge in [0.1, 0.15) is 5.82 Å². The summed E-state index contributed by atoms with van der Waals surface area (Å²) < 4.78 is 14.0. The van der Waals surface area contributed by atoms with E-state index < -0.39 is 0 Å². The van der Waals surface area contributed by atoms with Crippen molar-refractivity contribution in [2.45, 2.75) is 25.3 Å². The Morgan fingerprint density at radius 2 is 2.08 bits per heavy atom. The highest BCUT2D eigenvalue weighted by atomic mass is 19.1. The summed E-state index contributed by atoms with van der Waals surface area (Å²) in [7, 11) is 0. The standard InChI is InChI=1S/C20H22FN3O/c21-19-13-22-8-7-18(19)15-4-3-5-16(12-15)20(25)24-11-10-23-9-2-1-6-17(23)14-24/h3-5,7-8,12-13,17H,1-2,6,9-11,14H2/t17-/m1/s1. The summed E-state index contributed by atoms with van der Waals surface area (Å²) in [6.07, 6.45) is 6.46. The van der Waals surface area contributed by atoms with E-state index in [4.69, 9.17) is 0 Å². The number of amides is 1. The van der Waals surface area contributed by atoms with Gasteiger partial charge in [-0.05, 0) is 43.1 Å². The van der Waals surface area contributed by atoms with Crippen molar-refractivity contribution in [3.8, 4) is 11.1 Å². The molecule has 0 bridgehead atoms. The monoisotopic (exact) mass is 339 g/mol. The summed E-state index contributed by atoms with van der Waals surface area (Å²) in [5, 5.41) is 0. The second-order valence-electron chi connectivity index (χ2n) is 6.87. The first-order chi connectivity index (χ1) is 12.2. The number of rotatable bonds is 2. The smallest absolute Gasteiger partial charge is 0.253 e. The van der Waals surface area contributed by atoms with Crippen molar-refractivity contribution in [2.24, 2.45) is 0 Å². The van der Waals surface area contributed by atoms with Crippen LogP contribution in [-0.4, -0.2) is 52.9 Å². The lowest BCUT2D eigenvalue weighted by Crippen LogP contribution is -2.56. The average molecular weight is 339 g/mol. The Bertz CT molecular complexity index is 779. The van der Waals surface area contributed by atoms with E-state index in [0.29, 0.717) is 22.7 Å². The van der Waals surface area contributed by atoms with E-state index in [1.54, 1.807) is 18.3 Å². The second-order valence-corrected chi connectivity index (χ2v) is 6.87. The van der Waals surface area contributed by atoms with Crippen LogP contribution in [0.5, 0.6) is 0 Å². The van der Waals surface area contributed by atoms with Crippen LogP contribution in [0, 0.1) is 5.82 Å². The molecule has 0 radical (unpaired) electrons. The van der Waals surface area contributed by atoms with E-state index in [-0.39, 0.29) is 11.7 Å². The molecular formula is C20H22FN3O. The van der Waals surface area contributed by atoms with Gasteiger partial charge in [-0.2, -0.15) is 0 Å². The number of nitrogens with zero attached hydrogens (tertiary/aromatic N) is 3. The fourth-order valence-corrected chi connectivity index (χ4v) is 3.95. The van der Waals surface area contributed by atoms with Crippen LogP contribution in [0.3, 0.4) is 0 Å². The highest BCUT2D eigenvalue weighted by molar-refractivity contribution is 5.95. The first-order valence-electron chi connectivity index (χ1n) is 8.95. The number of piperazine rings is 1. The van der Waals surface area contributed by atoms with Crippen molar-refractivity contribution in [2.75, 3.05) is 26.2 Å². The molecule has 1 amide bonds. The van der Waals surface area contributed by atoms with Crippen molar-refractivity contribution in [1.82, 2.24) is 14.8 Å². The first kappa shape index (κ1) is 16.2. The summed E-state index contributed by atoms with van der Waals surface area (Å²) >= 11 is 0. The van der Waals surface area contributed by atoms with Crippen LogP contribution in [0.4, 0.5) is 4.39 Å². The van der Waals surface area contributed by atoms with E-state index in [1.165, 1.54) is 25.5 Å². The van der Waals surface area contributed by atoms with Gasteiger partial charge in [-0.3, -0.25) is 14.7 Å². The molecule has 0 N–H and O–H groups in total. The topological polar surface area (TPSA) is 36.4 Å². The van der Waals surface area contributed by atoms with Crippen molar-refractivity contribution in [1.29, 1.82) is 0 Å². The van der Waals surface area contributed by atoms with Crippen LogP contribution in [0.1, 0.15) is 29.6 Å². The normalized spacial score (nSPS) is 21.0. The van der Waals surface area contributed by atoms with Crippen molar-refractivity contribution >= 4 is 5.91 Å². The fourth-order valence-electron chi connectivity index (χ4n) is 3.95. The quantitative estimate of drug-likeness (QED) is 0.843. The second kappa shape index (κ2) is 6.92. The van der Waals surface area contributed by atoms with Crippen LogP contribution >= 0.6 is 0 Å². The van der Waals surface area contributed by atoms with E-state index in [2.05, 4.69) is 9.88 Å². The summed E-state index contributed by atoms with van der Waals surface area (Å²) in [6, 6.07) is 9.38. The summed E-state index contributed by atoms with van der Waals surface area (Å²) in [5.74, 6) is -0.329. The number of pyridine rings is 1. The van der Waals surface area contributed by atoms with Gasteiger partial charge < -0.3 is 4.90 Å². The maximum atomic E-state index is 14.0. The molecule has 3 heterocycles. The number of hydrogen-bond acceptors (Lipinski definition) is 3. The maximum Gasteiger partial charge on any atom is 0.253 e. The number of hydrogen-bond donors (Lipinski definition) is 0. The molecule has 4 rings (SSSR count). The molecule has 0 aliphatic carbocycles.